The lowest BCUT2D eigenvalue weighted by molar-refractivity contribution is 0.0951. The molecule has 1 aliphatic rings. The van der Waals surface area contributed by atoms with Gasteiger partial charge in [-0.3, -0.25) is 4.79 Å². The van der Waals surface area contributed by atoms with Gasteiger partial charge in [0.15, 0.2) is 0 Å². The van der Waals surface area contributed by atoms with Crippen LogP contribution in [0, 0.1) is 12.8 Å². The lowest BCUT2D eigenvalue weighted by Crippen LogP contribution is -2.26. The molecule has 4 heteroatoms. The monoisotopic (exact) mass is 266 g/mol. The van der Waals surface area contributed by atoms with Crippen LogP contribution >= 0.6 is 11.6 Å². The van der Waals surface area contributed by atoms with Gasteiger partial charge < -0.3 is 10.6 Å². The van der Waals surface area contributed by atoms with Crippen molar-refractivity contribution in [1.82, 2.24) is 10.6 Å². The zero-order chi connectivity index (χ0) is 13.0. The molecular weight excluding hydrogens is 248 g/mol. The van der Waals surface area contributed by atoms with Gasteiger partial charge >= 0.3 is 0 Å². The number of nitrogens with one attached hydrogen (secondary N) is 2. The van der Waals surface area contributed by atoms with Crippen molar-refractivity contribution in [2.45, 2.75) is 19.8 Å². The number of halogens is 1. The first-order valence-electron chi connectivity index (χ1n) is 6.41. The third-order valence-electron chi connectivity index (χ3n) is 3.30. The van der Waals surface area contributed by atoms with Gasteiger partial charge in [0, 0.05) is 17.1 Å². The molecule has 1 aliphatic heterocycles. The van der Waals surface area contributed by atoms with Crippen LogP contribution in [0.15, 0.2) is 18.2 Å². The number of carbonyl (C=O) groups is 1. The number of amides is 1. The maximum absolute atomic E-state index is 11.9. The van der Waals surface area contributed by atoms with Crippen molar-refractivity contribution >= 4 is 17.5 Å². The summed E-state index contributed by atoms with van der Waals surface area (Å²) in [6.45, 7) is 4.85. The summed E-state index contributed by atoms with van der Waals surface area (Å²) in [6.07, 6.45) is 2.25. The standard InChI is InChI=1S/C14H19ClN2O/c1-10-6-12(8-13(15)7-10)14(18)17-5-3-11-2-4-16-9-11/h6-8,11,16H,2-5,9H2,1H3,(H,17,18). The maximum atomic E-state index is 11.9. The van der Waals surface area contributed by atoms with Crippen LogP contribution in [0.1, 0.15) is 28.8 Å². The van der Waals surface area contributed by atoms with Gasteiger partial charge in [-0.25, -0.2) is 0 Å². The molecule has 0 radical (unpaired) electrons. The third-order valence-corrected chi connectivity index (χ3v) is 3.52. The van der Waals surface area contributed by atoms with Crippen molar-refractivity contribution in [3.8, 4) is 0 Å². The minimum absolute atomic E-state index is 0.0356. The van der Waals surface area contributed by atoms with Gasteiger partial charge in [-0.1, -0.05) is 11.6 Å². The Kier molecular flexibility index (Phi) is 4.61. The van der Waals surface area contributed by atoms with Crippen LogP contribution in [0.25, 0.3) is 0 Å². The quantitative estimate of drug-likeness (QED) is 0.879. The Morgan fingerprint density at radius 3 is 3.00 bits per heavy atom. The Hall–Kier alpha value is -1.06. The molecule has 0 aromatic heterocycles. The van der Waals surface area contributed by atoms with E-state index in [0.717, 1.165) is 31.6 Å². The fourth-order valence-electron chi connectivity index (χ4n) is 2.32. The van der Waals surface area contributed by atoms with E-state index in [1.54, 1.807) is 6.07 Å². The highest BCUT2D eigenvalue weighted by molar-refractivity contribution is 6.31. The average Bonchev–Trinajstić information content (AvgIpc) is 2.80. The SMILES string of the molecule is Cc1cc(Cl)cc(C(=O)NCCC2CCNC2)c1. The van der Waals surface area contributed by atoms with Crippen LogP contribution in [-0.4, -0.2) is 25.5 Å². The fraction of sp³-hybridized carbons (Fsp3) is 0.500. The molecule has 0 bridgehead atoms. The van der Waals surface area contributed by atoms with Crippen molar-refractivity contribution in [2.24, 2.45) is 5.92 Å². The average molecular weight is 267 g/mol. The maximum Gasteiger partial charge on any atom is 0.251 e. The Bertz CT molecular complexity index is 408. The lowest BCUT2D eigenvalue weighted by Gasteiger charge is -2.10. The molecule has 18 heavy (non-hydrogen) atoms. The molecule has 1 saturated heterocycles. The first-order valence-corrected chi connectivity index (χ1v) is 6.79. The van der Waals surface area contributed by atoms with Gasteiger partial charge in [0.1, 0.15) is 0 Å². The Morgan fingerprint density at radius 1 is 1.50 bits per heavy atom. The molecule has 3 nitrogen and oxygen atoms in total. The van der Waals surface area contributed by atoms with E-state index < -0.39 is 0 Å². The predicted molar refractivity (Wildman–Crippen MR) is 74.1 cm³/mol. The molecule has 0 spiro atoms. The molecule has 2 N–H and O–H groups in total. The smallest absolute Gasteiger partial charge is 0.251 e. The topological polar surface area (TPSA) is 41.1 Å². The summed E-state index contributed by atoms with van der Waals surface area (Å²) in [6, 6.07) is 5.42. The normalized spacial score (nSPS) is 18.9. The number of carbonyl (C=O) groups excluding carboxylic acids is 1. The summed E-state index contributed by atoms with van der Waals surface area (Å²) in [5.74, 6) is 0.665. The van der Waals surface area contributed by atoms with Crippen LogP contribution < -0.4 is 10.6 Å². The van der Waals surface area contributed by atoms with E-state index in [-0.39, 0.29) is 5.91 Å². The molecule has 1 unspecified atom stereocenters. The van der Waals surface area contributed by atoms with E-state index in [0.29, 0.717) is 16.5 Å². The van der Waals surface area contributed by atoms with Gasteiger partial charge in [0.25, 0.3) is 5.91 Å². The predicted octanol–water partition coefficient (Wildman–Crippen LogP) is 2.38. The highest BCUT2D eigenvalue weighted by Crippen LogP contribution is 2.15. The second kappa shape index (κ2) is 6.21. The van der Waals surface area contributed by atoms with Gasteiger partial charge in [-0.2, -0.15) is 0 Å². The Labute approximate surface area is 113 Å². The van der Waals surface area contributed by atoms with E-state index in [4.69, 9.17) is 11.6 Å². The van der Waals surface area contributed by atoms with E-state index >= 15 is 0 Å². The third kappa shape index (κ3) is 3.72. The minimum atomic E-state index is -0.0356. The highest BCUT2D eigenvalue weighted by Gasteiger charge is 2.14. The van der Waals surface area contributed by atoms with Crippen molar-refractivity contribution in [3.63, 3.8) is 0 Å². The molecule has 0 saturated carbocycles. The minimum Gasteiger partial charge on any atom is -0.352 e. The molecule has 1 atom stereocenters. The first kappa shape index (κ1) is 13.4. The van der Waals surface area contributed by atoms with Crippen LogP contribution in [-0.2, 0) is 0 Å². The van der Waals surface area contributed by atoms with E-state index in [2.05, 4.69) is 10.6 Å². The lowest BCUT2D eigenvalue weighted by atomic mass is 10.1. The van der Waals surface area contributed by atoms with Crippen molar-refractivity contribution in [2.75, 3.05) is 19.6 Å². The van der Waals surface area contributed by atoms with Crippen molar-refractivity contribution < 1.29 is 4.79 Å². The number of aryl methyl sites for hydroxylation is 1. The largest absolute Gasteiger partial charge is 0.352 e. The molecule has 1 amide bonds. The number of hydrogen-bond acceptors (Lipinski definition) is 2. The summed E-state index contributed by atoms with van der Waals surface area (Å²) in [5, 5.41) is 6.89. The Morgan fingerprint density at radius 2 is 2.33 bits per heavy atom. The van der Waals surface area contributed by atoms with Gasteiger partial charge in [0.2, 0.25) is 0 Å². The van der Waals surface area contributed by atoms with Gasteiger partial charge in [0.05, 0.1) is 0 Å². The Balaban J connectivity index is 1.83. The second-order valence-corrected chi connectivity index (χ2v) is 5.36. The highest BCUT2D eigenvalue weighted by atomic mass is 35.5. The fourth-order valence-corrected chi connectivity index (χ4v) is 2.61. The van der Waals surface area contributed by atoms with Gasteiger partial charge in [-0.15, -0.1) is 0 Å². The van der Waals surface area contributed by atoms with Crippen LogP contribution in [0.5, 0.6) is 0 Å². The summed E-state index contributed by atoms with van der Waals surface area (Å²) in [7, 11) is 0. The molecule has 1 fully saturated rings. The van der Waals surface area contributed by atoms with Gasteiger partial charge in [-0.05, 0) is 62.5 Å². The second-order valence-electron chi connectivity index (χ2n) is 4.92. The van der Waals surface area contributed by atoms with Crippen LogP contribution in [0.2, 0.25) is 5.02 Å². The van der Waals surface area contributed by atoms with E-state index in [1.165, 1.54) is 6.42 Å². The van der Waals surface area contributed by atoms with Crippen LogP contribution in [0.3, 0.4) is 0 Å². The summed E-state index contributed by atoms with van der Waals surface area (Å²) >= 11 is 5.94. The molecule has 1 heterocycles. The van der Waals surface area contributed by atoms with Crippen LogP contribution in [0.4, 0.5) is 0 Å². The van der Waals surface area contributed by atoms with Crippen molar-refractivity contribution in [1.29, 1.82) is 0 Å². The zero-order valence-electron chi connectivity index (χ0n) is 10.6. The first-order chi connectivity index (χ1) is 8.65. The zero-order valence-corrected chi connectivity index (χ0v) is 11.4. The summed E-state index contributed by atoms with van der Waals surface area (Å²) in [5.41, 5.74) is 1.65. The molecule has 1 aromatic carbocycles. The summed E-state index contributed by atoms with van der Waals surface area (Å²) in [4.78, 5) is 11.9. The number of benzene rings is 1. The molecule has 98 valence electrons. The molecule has 1 aromatic rings. The van der Waals surface area contributed by atoms with Crippen molar-refractivity contribution in [3.05, 3.63) is 34.3 Å². The molecular formula is C14H19ClN2O. The van der Waals surface area contributed by atoms with E-state index in [1.807, 2.05) is 19.1 Å². The number of rotatable bonds is 4. The number of hydrogen-bond donors (Lipinski definition) is 2. The molecule has 2 rings (SSSR count). The summed E-state index contributed by atoms with van der Waals surface area (Å²) < 4.78 is 0. The molecule has 0 aliphatic carbocycles. The van der Waals surface area contributed by atoms with E-state index in [9.17, 15) is 4.79 Å².